The van der Waals surface area contributed by atoms with Crippen LogP contribution in [0.2, 0.25) is 0 Å². The SMILES string of the molecule is CCNC(=NCc1ncc(CC)s1)NCCN1CCCCC1CC.I. The van der Waals surface area contributed by atoms with E-state index in [9.17, 15) is 0 Å². The summed E-state index contributed by atoms with van der Waals surface area (Å²) in [5.74, 6) is 0.899. The van der Waals surface area contributed by atoms with E-state index in [1.807, 2.05) is 6.20 Å². The van der Waals surface area contributed by atoms with Crippen LogP contribution >= 0.6 is 35.3 Å². The fraction of sp³-hybridized carbons (Fsp3) is 0.778. The van der Waals surface area contributed by atoms with Gasteiger partial charge in [0.2, 0.25) is 0 Å². The van der Waals surface area contributed by atoms with Crippen LogP contribution in [0.3, 0.4) is 0 Å². The second-order valence-electron chi connectivity index (χ2n) is 6.29. The van der Waals surface area contributed by atoms with E-state index >= 15 is 0 Å². The van der Waals surface area contributed by atoms with Gasteiger partial charge >= 0.3 is 0 Å². The van der Waals surface area contributed by atoms with E-state index in [-0.39, 0.29) is 24.0 Å². The molecule has 1 aliphatic rings. The summed E-state index contributed by atoms with van der Waals surface area (Å²) in [4.78, 5) is 13.1. The van der Waals surface area contributed by atoms with Gasteiger partial charge in [-0.2, -0.15) is 0 Å². The molecule has 1 unspecified atom stereocenters. The van der Waals surface area contributed by atoms with Gasteiger partial charge in [-0.05, 0) is 39.2 Å². The van der Waals surface area contributed by atoms with Crippen LogP contribution in [0, 0.1) is 0 Å². The molecule has 0 bridgehead atoms. The highest BCUT2D eigenvalue weighted by molar-refractivity contribution is 14.0. The number of hydrogen-bond acceptors (Lipinski definition) is 4. The molecule has 2 rings (SSSR count). The Morgan fingerprint density at radius 3 is 2.84 bits per heavy atom. The number of thiazole rings is 1. The molecule has 1 aliphatic heterocycles. The van der Waals surface area contributed by atoms with Gasteiger partial charge in [0, 0.05) is 36.8 Å². The highest BCUT2D eigenvalue weighted by Crippen LogP contribution is 2.18. The smallest absolute Gasteiger partial charge is 0.191 e. The number of aliphatic imine (C=N–C) groups is 1. The van der Waals surface area contributed by atoms with Crippen molar-refractivity contribution < 1.29 is 0 Å². The number of rotatable bonds is 8. The number of piperidine rings is 1. The minimum Gasteiger partial charge on any atom is -0.357 e. The molecule has 0 amide bonds. The molecule has 1 aromatic heterocycles. The van der Waals surface area contributed by atoms with Gasteiger partial charge in [-0.25, -0.2) is 9.98 Å². The van der Waals surface area contributed by atoms with Gasteiger partial charge in [-0.3, -0.25) is 4.90 Å². The fourth-order valence-corrected chi connectivity index (χ4v) is 3.99. The minimum absolute atomic E-state index is 0. The molecule has 1 saturated heterocycles. The third-order valence-corrected chi connectivity index (χ3v) is 5.70. The van der Waals surface area contributed by atoms with E-state index < -0.39 is 0 Å². The average Bonchev–Trinajstić information content (AvgIpc) is 3.08. The summed E-state index contributed by atoms with van der Waals surface area (Å²) < 4.78 is 0. The first-order chi connectivity index (χ1) is 11.8. The zero-order valence-corrected chi connectivity index (χ0v) is 19.0. The number of guanidine groups is 1. The number of aromatic nitrogens is 1. The number of likely N-dealkylation sites (tertiary alicyclic amines) is 1. The topological polar surface area (TPSA) is 52.6 Å². The zero-order chi connectivity index (χ0) is 17.2. The van der Waals surface area contributed by atoms with Gasteiger partial charge in [-0.1, -0.05) is 20.3 Å². The Balaban J connectivity index is 0.00000312. The summed E-state index contributed by atoms with van der Waals surface area (Å²) in [6.45, 7) is 11.4. The predicted octanol–water partition coefficient (Wildman–Crippen LogP) is 3.64. The molecule has 1 atom stereocenters. The van der Waals surface area contributed by atoms with E-state index in [0.717, 1.165) is 43.1 Å². The van der Waals surface area contributed by atoms with Crippen molar-refractivity contribution in [1.29, 1.82) is 0 Å². The molecule has 1 fully saturated rings. The van der Waals surface area contributed by atoms with Crippen LogP contribution < -0.4 is 10.6 Å². The number of hydrogen-bond donors (Lipinski definition) is 2. The summed E-state index contributed by atoms with van der Waals surface area (Å²) in [6.07, 6.45) is 8.37. The second-order valence-corrected chi connectivity index (χ2v) is 7.49. The first-order valence-corrected chi connectivity index (χ1v) is 10.3. The number of nitrogens with zero attached hydrogens (tertiary/aromatic N) is 3. The van der Waals surface area contributed by atoms with Crippen LogP contribution in [0.4, 0.5) is 0 Å². The number of halogens is 1. The molecule has 2 heterocycles. The molecular formula is C18H34IN5S. The van der Waals surface area contributed by atoms with Crippen LogP contribution in [0.5, 0.6) is 0 Å². The van der Waals surface area contributed by atoms with E-state index in [1.54, 1.807) is 11.3 Å². The van der Waals surface area contributed by atoms with Gasteiger partial charge < -0.3 is 10.6 Å². The molecule has 0 aromatic carbocycles. The Labute approximate surface area is 174 Å². The van der Waals surface area contributed by atoms with Crippen molar-refractivity contribution in [3.05, 3.63) is 16.1 Å². The maximum Gasteiger partial charge on any atom is 0.191 e. The van der Waals surface area contributed by atoms with Crippen molar-refractivity contribution in [3.63, 3.8) is 0 Å². The number of nitrogens with one attached hydrogen (secondary N) is 2. The third-order valence-electron chi connectivity index (χ3n) is 4.58. The van der Waals surface area contributed by atoms with Crippen molar-refractivity contribution in [1.82, 2.24) is 20.5 Å². The third kappa shape index (κ3) is 7.78. The molecule has 25 heavy (non-hydrogen) atoms. The molecule has 0 saturated carbocycles. The summed E-state index contributed by atoms with van der Waals surface area (Å²) in [5, 5.41) is 7.90. The molecule has 1 aromatic rings. The summed E-state index contributed by atoms with van der Waals surface area (Å²) in [6, 6.07) is 0.767. The quantitative estimate of drug-likeness (QED) is 0.340. The van der Waals surface area contributed by atoms with Crippen LogP contribution in [0.1, 0.15) is 56.3 Å². The molecule has 5 nitrogen and oxygen atoms in total. The highest BCUT2D eigenvalue weighted by Gasteiger charge is 2.19. The van der Waals surface area contributed by atoms with Crippen molar-refractivity contribution >= 4 is 41.3 Å². The van der Waals surface area contributed by atoms with Crippen LogP contribution in [0.25, 0.3) is 0 Å². The highest BCUT2D eigenvalue weighted by atomic mass is 127. The van der Waals surface area contributed by atoms with Gasteiger partial charge in [-0.15, -0.1) is 35.3 Å². The molecule has 0 radical (unpaired) electrons. The van der Waals surface area contributed by atoms with Crippen LogP contribution in [-0.2, 0) is 13.0 Å². The number of aryl methyl sites for hydroxylation is 1. The van der Waals surface area contributed by atoms with E-state index in [1.165, 1.54) is 37.1 Å². The molecule has 144 valence electrons. The van der Waals surface area contributed by atoms with Gasteiger partial charge in [0.1, 0.15) is 5.01 Å². The van der Waals surface area contributed by atoms with Crippen molar-refractivity contribution in [2.75, 3.05) is 26.2 Å². The van der Waals surface area contributed by atoms with Crippen LogP contribution in [-0.4, -0.2) is 48.1 Å². The average molecular weight is 479 g/mol. The first kappa shape index (κ1) is 22.6. The lowest BCUT2D eigenvalue weighted by Crippen LogP contribution is -2.45. The molecule has 7 heteroatoms. The lowest BCUT2D eigenvalue weighted by atomic mass is 10.0. The largest absolute Gasteiger partial charge is 0.357 e. The summed E-state index contributed by atoms with van der Waals surface area (Å²) >= 11 is 1.76. The standard InChI is InChI=1S/C18H33N5S.HI/c1-4-15-9-7-8-11-23(15)12-10-20-18(19-6-3)22-14-17-21-13-16(5-2)24-17;/h13,15H,4-12,14H2,1-3H3,(H2,19,20,22);1H. The first-order valence-electron chi connectivity index (χ1n) is 9.46. The van der Waals surface area contributed by atoms with E-state index in [2.05, 4.69) is 46.3 Å². The summed E-state index contributed by atoms with van der Waals surface area (Å²) in [5.41, 5.74) is 0. The molecular weight excluding hydrogens is 445 g/mol. The van der Waals surface area contributed by atoms with Crippen molar-refractivity contribution in [2.45, 2.75) is 65.5 Å². The second kappa shape index (κ2) is 12.9. The van der Waals surface area contributed by atoms with Gasteiger partial charge in [0.15, 0.2) is 5.96 Å². The molecule has 2 N–H and O–H groups in total. The maximum absolute atomic E-state index is 4.68. The van der Waals surface area contributed by atoms with Gasteiger partial charge in [0.25, 0.3) is 0 Å². The lowest BCUT2D eigenvalue weighted by molar-refractivity contribution is 0.147. The van der Waals surface area contributed by atoms with E-state index in [4.69, 9.17) is 0 Å². The van der Waals surface area contributed by atoms with E-state index in [0.29, 0.717) is 6.54 Å². The predicted molar refractivity (Wildman–Crippen MR) is 119 cm³/mol. The Hall–Kier alpha value is -0.410. The lowest BCUT2D eigenvalue weighted by Gasteiger charge is -2.35. The Morgan fingerprint density at radius 1 is 1.32 bits per heavy atom. The van der Waals surface area contributed by atoms with Gasteiger partial charge in [0.05, 0.1) is 6.54 Å². The molecule has 0 spiro atoms. The molecule has 0 aliphatic carbocycles. The van der Waals surface area contributed by atoms with Crippen molar-refractivity contribution in [2.24, 2.45) is 4.99 Å². The zero-order valence-electron chi connectivity index (χ0n) is 15.9. The Bertz CT molecular complexity index is 505. The normalized spacial score (nSPS) is 18.7. The Kier molecular flexibility index (Phi) is 11.6. The van der Waals surface area contributed by atoms with Crippen molar-refractivity contribution in [3.8, 4) is 0 Å². The fourth-order valence-electron chi connectivity index (χ4n) is 3.21. The minimum atomic E-state index is 0. The van der Waals surface area contributed by atoms with Crippen LogP contribution in [0.15, 0.2) is 11.2 Å². The summed E-state index contributed by atoms with van der Waals surface area (Å²) in [7, 11) is 0. The monoisotopic (exact) mass is 479 g/mol. The maximum atomic E-state index is 4.68. The Morgan fingerprint density at radius 2 is 2.16 bits per heavy atom.